The molecule has 5 nitrogen and oxygen atoms in total. The number of nitrogens with zero attached hydrogens (tertiary/aromatic N) is 1. The Morgan fingerprint density at radius 3 is 2.57 bits per heavy atom. The van der Waals surface area contributed by atoms with E-state index in [1.807, 2.05) is 19.1 Å². The molecule has 0 spiro atoms. The Morgan fingerprint density at radius 2 is 2.00 bits per heavy atom. The molecule has 0 atom stereocenters. The molecule has 0 saturated carbocycles. The van der Waals surface area contributed by atoms with Crippen LogP contribution in [0.25, 0.3) is 0 Å². The SMILES string of the molecule is CCCOc1ccc(CN2CC(C)(OCC(=O)O)C2)cc1. The molecule has 5 heteroatoms. The molecule has 0 unspecified atom stereocenters. The van der Waals surface area contributed by atoms with Gasteiger partial charge in [0.1, 0.15) is 12.4 Å². The van der Waals surface area contributed by atoms with Gasteiger partial charge in [0.15, 0.2) is 0 Å². The van der Waals surface area contributed by atoms with Gasteiger partial charge in [-0.1, -0.05) is 19.1 Å². The molecule has 116 valence electrons. The maximum absolute atomic E-state index is 10.5. The van der Waals surface area contributed by atoms with Gasteiger partial charge >= 0.3 is 5.97 Å². The van der Waals surface area contributed by atoms with Crippen LogP contribution in [0, 0.1) is 0 Å². The van der Waals surface area contributed by atoms with Crippen molar-refractivity contribution in [1.29, 1.82) is 0 Å². The van der Waals surface area contributed by atoms with E-state index in [0.717, 1.165) is 38.4 Å². The number of hydrogen-bond acceptors (Lipinski definition) is 4. The summed E-state index contributed by atoms with van der Waals surface area (Å²) >= 11 is 0. The van der Waals surface area contributed by atoms with Crippen LogP contribution in [0.3, 0.4) is 0 Å². The average Bonchev–Trinajstić information content (AvgIpc) is 2.43. The van der Waals surface area contributed by atoms with Gasteiger partial charge in [0, 0.05) is 19.6 Å². The first-order valence-corrected chi connectivity index (χ1v) is 7.30. The van der Waals surface area contributed by atoms with E-state index in [1.165, 1.54) is 5.56 Å². The van der Waals surface area contributed by atoms with E-state index < -0.39 is 5.97 Å². The lowest BCUT2D eigenvalue weighted by atomic mass is 9.95. The first-order valence-electron chi connectivity index (χ1n) is 7.30. The van der Waals surface area contributed by atoms with Crippen LogP contribution in [0.2, 0.25) is 0 Å². The monoisotopic (exact) mass is 293 g/mol. The third-order valence-corrected chi connectivity index (χ3v) is 3.46. The standard InChI is InChI=1S/C16H23NO4/c1-3-8-20-14-6-4-13(5-7-14)9-17-11-16(2,12-17)21-10-15(18)19/h4-7H,3,8-12H2,1-2H3,(H,18,19). The zero-order valence-corrected chi connectivity index (χ0v) is 12.7. The minimum absolute atomic E-state index is 0.228. The first-order chi connectivity index (χ1) is 10.0. The van der Waals surface area contributed by atoms with Crippen LogP contribution >= 0.6 is 0 Å². The number of likely N-dealkylation sites (tertiary alicyclic amines) is 1. The molecule has 1 aromatic carbocycles. The highest BCUT2D eigenvalue weighted by Crippen LogP contribution is 2.26. The highest BCUT2D eigenvalue weighted by atomic mass is 16.5. The minimum atomic E-state index is -0.919. The molecule has 1 aliphatic rings. The number of carboxylic acid groups (broad SMARTS) is 1. The van der Waals surface area contributed by atoms with Crippen LogP contribution < -0.4 is 4.74 Å². The topological polar surface area (TPSA) is 59.0 Å². The van der Waals surface area contributed by atoms with Crippen molar-refractivity contribution in [1.82, 2.24) is 4.90 Å². The van der Waals surface area contributed by atoms with Crippen molar-refractivity contribution in [3.8, 4) is 5.75 Å². The molecule has 2 rings (SSSR count). The molecule has 0 amide bonds. The van der Waals surface area contributed by atoms with E-state index in [9.17, 15) is 4.79 Å². The Morgan fingerprint density at radius 1 is 1.33 bits per heavy atom. The molecular weight excluding hydrogens is 270 g/mol. The average molecular weight is 293 g/mol. The van der Waals surface area contributed by atoms with Crippen LogP contribution in [0.5, 0.6) is 5.75 Å². The smallest absolute Gasteiger partial charge is 0.329 e. The molecule has 1 aromatic rings. The van der Waals surface area contributed by atoms with E-state index in [4.69, 9.17) is 14.6 Å². The normalized spacial score (nSPS) is 17.2. The predicted octanol–water partition coefficient (Wildman–Crippen LogP) is 2.15. The second-order valence-corrected chi connectivity index (χ2v) is 5.77. The van der Waals surface area contributed by atoms with E-state index >= 15 is 0 Å². The molecule has 0 radical (unpaired) electrons. The lowest BCUT2D eigenvalue weighted by Gasteiger charge is -2.47. The van der Waals surface area contributed by atoms with Crippen molar-refractivity contribution in [3.63, 3.8) is 0 Å². The Hall–Kier alpha value is -1.59. The third kappa shape index (κ3) is 4.72. The van der Waals surface area contributed by atoms with Crippen molar-refractivity contribution in [2.75, 3.05) is 26.3 Å². The Balaban J connectivity index is 1.75. The lowest BCUT2D eigenvalue weighted by molar-refractivity contribution is -0.165. The van der Waals surface area contributed by atoms with Gasteiger partial charge in [-0.25, -0.2) is 4.79 Å². The zero-order valence-electron chi connectivity index (χ0n) is 12.7. The maximum Gasteiger partial charge on any atom is 0.329 e. The molecule has 1 heterocycles. The van der Waals surface area contributed by atoms with E-state index in [-0.39, 0.29) is 12.2 Å². The Labute approximate surface area is 125 Å². The van der Waals surface area contributed by atoms with E-state index in [2.05, 4.69) is 24.0 Å². The molecule has 1 N–H and O–H groups in total. The van der Waals surface area contributed by atoms with Crippen molar-refractivity contribution < 1.29 is 19.4 Å². The van der Waals surface area contributed by atoms with Gasteiger partial charge in [-0.3, -0.25) is 4.90 Å². The van der Waals surface area contributed by atoms with Crippen LogP contribution in [0.1, 0.15) is 25.8 Å². The van der Waals surface area contributed by atoms with E-state index in [0.29, 0.717) is 0 Å². The summed E-state index contributed by atoms with van der Waals surface area (Å²) in [4.78, 5) is 12.8. The summed E-state index contributed by atoms with van der Waals surface area (Å²) in [6.45, 7) is 6.91. The quantitative estimate of drug-likeness (QED) is 0.796. The van der Waals surface area contributed by atoms with Gasteiger partial charge in [-0.15, -0.1) is 0 Å². The summed E-state index contributed by atoms with van der Waals surface area (Å²) in [5, 5.41) is 8.63. The summed E-state index contributed by atoms with van der Waals surface area (Å²) in [7, 11) is 0. The van der Waals surface area contributed by atoms with Gasteiger partial charge in [-0.2, -0.15) is 0 Å². The number of hydrogen-bond donors (Lipinski definition) is 1. The number of aliphatic carboxylic acids is 1. The van der Waals surface area contributed by atoms with Crippen LogP contribution in [0.4, 0.5) is 0 Å². The fourth-order valence-corrected chi connectivity index (χ4v) is 2.51. The number of carbonyl (C=O) groups is 1. The molecule has 0 aromatic heterocycles. The van der Waals surface area contributed by atoms with E-state index in [1.54, 1.807) is 0 Å². The van der Waals surface area contributed by atoms with Crippen molar-refractivity contribution in [2.24, 2.45) is 0 Å². The summed E-state index contributed by atoms with van der Waals surface area (Å²) in [6.07, 6.45) is 1.00. The zero-order chi connectivity index (χ0) is 15.3. The van der Waals surface area contributed by atoms with Crippen molar-refractivity contribution in [2.45, 2.75) is 32.4 Å². The molecule has 1 aliphatic heterocycles. The van der Waals surface area contributed by atoms with Crippen molar-refractivity contribution in [3.05, 3.63) is 29.8 Å². The van der Waals surface area contributed by atoms with Gasteiger partial charge in [0.05, 0.1) is 12.2 Å². The van der Waals surface area contributed by atoms with Gasteiger partial charge in [0.25, 0.3) is 0 Å². The summed E-state index contributed by atoms with van der Waals surface area (Å²) in [5.41, 5.74) is 0.891. The Kier molecular flexibility index (Phi) is 5.20. The molecule has 21 heavy (non-hydrogen) atoms. The second kappa shape index (κ2) is 6.91. The number of rotatable bonds is 8. The minimum Gasteiger partial charge on any atom is -0.494 e. The lowest BCUT2D eigenvalue weighted by Crippen LogP contribution is -2.61. The molecular formula is C16H23NO4. The van der Waals surface area contributed by atoms with Crippen LogP contribution in [-0.4, -0.2) is 47.9 Å². The molecule has 1 fully saturated rings. The molecule has 1 saturated heterocycles. The largest absolute Gasteiger partial charge is 0.494 e. The third-order valence-electron chi connectivity index (χ3n) is 3.46. The first kappa shape index (κ1) is 15.8. The highest BCUT2D eigenvalue weighted by molar-refractivity contribution is 5.68. The van der Waals surface area contributed by atoms with Gasteiger partial charge < -0.3 is 14.6 Å². The van der Waals surface area contributed by atoms with Crippen molar-refractivity contribution >= 4 is 5.97 Å². The summed E-state index contributed by atoms with van der Waals surface area (Å²) < 4.78 is 11.0. The summed E-state index contributed by atoms with van der Waals surface area (Å²) in [5.74, 6) is -0.0174. The second-order valence-electron chi connectivity index (χ2n) is 5.77. The van der Waals surface area contributed by atoms with Crippen LogP contribution in [0.15, 0.2) is 24.3 Å². The maximum atomic E-state index is 10.5. The fraction of sp³-hybridized carbons (Fsp3) is 0.562. The predicted molar refractivity (Wildman–Crippen MR) is 79.5 cm³/mol. The Bertz CT molecular complexity index is 466. The molecule has 0 bridgehead atoms. The fourth-order valence-electron chi connectivity index (χ4n) is 2.51. The number of ether oxygens (including phenoxy) is 2. The van der Waals surface area contributed by atoms with Gasteiger partial charge in [0.2, 0.25) is 0 Å². The number of benzene rings is 1. The molecule has 0 aliphatic carbocycles. The summed E-state index contributed by atoms with van der Waals surface area (Å²) in [6, 6.07) is 8.12. The van der Waals surface area contributed by atoms with Gasteiger partial charge in [-0.05, 0) is 31.0 Å². The van der Waals surface area contributed by atoms with Crippen LogP contribution in [-0.2, 0) is 16.1 Å². The number of carboxylic acids is 1. The highest BCUT2D eigenvalue weighted by Gasteiger charge is 2.39.